The topological polar surface area (TPSA) is 20.7 Å². The Morgan fingerprint density at radius 1 is 1.13 bits per heavy atom. The van der Waals surface area contributed by atoms with Gasteiger partial charge >= 0.3 is 0 Å². The number of nitrogens with zero attached hydrogens (tertiary/aromatic N) is 1. The van der Waals surface area contributed by atoms with Crippen molar-refractivity contribution in [1.82, 2.24) is 9.78 Å². The summed E-state index contributed by atoms with van der Waals surface area (Å²) in [5, 5.41) is 3.23. The van der Waals surface area contributed by atoms with E-state index in [0.717, 1.165) is 16.0 Å². The van der Waals surface area contributed by atoms with Crippen LogP contribution < -0.4 is 0 Å². The Kier molecular flexibility index (Phi) is 2.49. The summed E-state index contributed by atoms with van der Waals surface area (Å²) in [6, 6.07) is 8.32. The number of benzene rings is 1. The van der Waals surface area contributed by atoms with Crippen molar-refractivity contribution < 1.29 is 0 Å². The van der Waals surface area contributed by atoms with Crippen molar-refractivity contribution in [2.45, 2.75) is 20.8 Å². The summed E-state index contributed by atoms with van der Waals surface area (Å²) in [7, 11) is 0. The zero-order valence-electron chi connectivity index (χ0n) is 9.16. The van der Waals surface area contributed by atoms with Crippen molar-refractivity contribution in [3.05, 3.63) is 45.7 Å². The molecule has 3 heteroatoms. The maximum Gasteiger partial charge on any atom is 0.127 e. The van der Waals surface area contributed by atoms with Gasteiger partial charge in [-0.2, -0.15) is 0 Å². The van der Waals surface area contributed by atoms with Crippen molar-refractivity contribution in [3.8, 4) is 5.69 Å². The Balaban J connectivity index is 2.64. The molecule has 78 valence electrons. The molecule has 0 fully saturated rings. The summed E-state index contributed by atoms with van der Waals surface area (Å²) < 4.78 is 2.76. The average Bonchev–Trinajstić information content (AvgIpc) is 2.45. The first kappa shape index (κ1) is 10.2. The number of aromatic amines is 1. The van der Waals surface area contributed by atoms with Crippen LogP contribution in [0, 0.1) is 25.4 Å². The molecular formula is C12H14N2S. The molecule has 2 aromatic rings. The molecule has 0 aliphatic heterocycles. The van der Waals surface area contributed by atoms with Gasteiger partial charge in [0.05, 0.1) is 5.69 Å². The van der Waals surface area contributed by atoms with Crippen molar-refractivity contribution in [1.29, 1.82) is 0 Å². The zero-order valence-corrected chi connectivity index (χ0v) is 9.98. The van der Waals surface area contributed by atoms with Gasteiger partial charge in [-0.15, -0.1) is 0 Å². The number of aryl methyl sites for hydroxylation is 3. The fourth-order valence-electron chi connectivity index (χ4n) is 1.75. The Hall–Kier alpha value is -1.35. The molecule has 0 atom stereocenters. The number of nitrogens with one attached hydrogen (secondary N) is 1. The molecule has 0 saturated carbocycles. The first-order chi connectivity index (χ1) is 7.08. The Bertz CT molecular complexity index is 549. The van der Waals surface area contributed by atoms with Crippen molar-refractivity contribution >= 4 is 12.2 Å². The second-order valence-electron chi connectivity index (χ2n) is 3.90. The second kappa shape index (κ2) is 3.66. The molecule has 15 heavy (non-hydrogen) atoms. The largest absolute Gasteiger partial charge is 0.297 e. The average molecular weight is 218 g/mol. The molecule has 2 rings (SSSR count). The SMILES string of the molecule is Cc1ccc(-n2[nH]c(C)cc2=S)c(C)c1. The summed E-state index contributed by atoms with van der Waals surface area (Å²) in [5.74, 6) is 0. The van der Waals surface area contributed by atoms with Gasteiger partial charge in [0.15, 0.2) is 0 Å². The Morgan fingerprint density at radius 2 is 1.87 bits per heavy atom. The van der Waals surface area contributed by atoms with Crippen LogP contribution in [-0.2, 0) is 0 Å². The van der Waals surface area contributed by atoms with E-state index in [1.54, 1.807) is 0 Å². The second-order valence-corrected chi connectivity index (χ2v) is 4.32. The van der Waals surface area contributed by atoms with Crippen molar-refractivity contribution in [2.75, 3.05) is 0 Å². The zero-order chi connectivity index (χ0) is 11.0. The van der Waals surface area contributed by atoms with Crippen molar-refractivity contribution in [3.63, 3.8) is 0 Å². The highest BCUT2D eigenvalue weighted by atomic mass is 32.1. The molecule has 1 N–H and O–H groups in total. The highest BCUT2D eigenvalue weighted by Gasteiger charge is 2.03. The predicted molar refractivity (Wildman–Crippen MR) is 65.2 cm³/mol. The first-order valence-electron chi connectivity index (χ1n) is 4.94. The lowest BCUT2D eigenvalue weighted by atomic mass is 10.1. The summed E-state index contributed by atoms with van der Waals surface area (Å²) in [5.41, 5.74) is 4.71. The predicted octanol–water partition coefficient (Wildman–Crippen LogP) is 3.46. The van der Waals surface area contributed by atoms with E-state index in [2.05, 4.69) is 37.1 Å². The van der Waals surface area contributed by atoms with Crippen LogP contribution in [0.2, 0.25) is 0 Å². The minimum atomic E-state index is 0.819. The molecule has 0 spiro atoms. The van der Waals surface area contributed by atoms with Gasteiger partial charge in [0.2, 0.25) is 0 Å². The van der Waals surface area contributed by atoms with Crippen LogP contribution in [-0.4, -0.2) is 9.78 Å². The van der Waals surface area contributed by atoms with E-state index in [1.807, 2.05) is 17.7 Å². The number of aromatic nitrogens is 2. The summed E-state index contributed by atoms with van der Waals surface area (Å²) in [4.78, 5) is 0. The molecular weight excluding hydrogens is 204 g/mol. The van der Waals surface area contributed by atoms with Gasteiger partial charge in [-0.3, -0.25) is 5.10 Å². The minimum Gasteiger partial charge on any atom is -0.297 e. The molecule has 1 aromatic carbocycles. The van der Waals surface area contributed by atoms with E-state index in [9.17, 15) is 0 Å². The molecule has 0 radical (unpaired) electrons. The highest BCUT2D eigenvalue weighted by molar-refractivity contribution is 7.71. The Morgan fingerprint density at radius 3 is 2.40 bits per heavy atom. The van der Waals surface area contributed by atoms with Gasteiger partial charge in [0, 0.05) is 5.69 Å². The lowest BCUT2D eigenvalue weighted by Gasteiger charge is -2.07. The van der Waals surface area contributed by atoms with Crippen LogP contribution in [0.3, 0.4) is 0 Å². The molecule has 0 aliphatic carbocycles. The van der Waals surface area contributed by atoms with Gasteiger partial charge < -0.3 is 0 Å². The quantitative estimate of drug-likeness (QED) is 0.727. The monoisotopic (exact) mass is 218 g/mol. The maximum absolute atomic E-state index is 5.28. The van der Waals surface area contributed by atoms with Crippen LogP contribution in [0.1, 0.15) is 16.8 Å². The molecule has 0 aliphatic rings. The highest BCUT2D eigenvalue weighted by Crippen LogP contribution is 2.16. The van der Waals surface area contributed by atoms with Gasteiger partial charge in [0.25, 0.3) is 0 Å². The van der Waals surface area contributed by atoms with Crippen LogP contribution in [0.15, 0.2) is 24.3 Å². The molecule has 2 nitrogen and oxygen atoms in total. The lowest BCUT2D eigenvalue weighted by molar-refractivity contribution is 0.845. The van der Waals surface area contributed by atoms with Gasteiger partial charge in [-0.25, -0.2) is 4.68 Å². The van der Waals surface area contributed by atoms with E-state index in [1.165, 1.54) is 11.1 Å². The third-order valence-corrected chi connectivity index (χ3v) is 2.74. The Labute approximate surface area is 94.5 Å². The van der Waals surface area contributed by atoms with E-state index >= 15 is 0 Å². The van der Waals surface area contributed by atoms with E-state index in [4.69, 9.17) is 12.2 Å². The molecule has 0 amide bonds. The first-order valence-corrected chi connectivity index (χ1v) is 5.35. The minimum absolute atomic E-state index is 0.819. The number of hydrogen-bond acceptors (Lipinski definition) is 1. The number of hydrogen-bond donors (Lipinski definition) is 1. The standard InChI is InChI=1S/C12H14N2S/c1-8-4-5-11(9(2)6-8)14-12(15)7-10(3)13-14/h4-7,13H,1-3H3. The normalized spacial score (nSPS) is 10.6. The van der Waals surface area contributed by atoms with Gasteiger partial charge in [0.1, 0.15) is 4.64 Å². The van der Waals surface area contributed by atoms with Crippen LogP contribution >= 0.6 is 12.2 Å². The smallest absolute Gasteiger partial charge is 0.127 e. The number of rotatable bonds is 1. The van der Waals surface area contributed by atoms with Crippen LogP contribution in [0.4, 0.5) is 0 Å². The molecule has 1 aromatic heterocycles. The summed E-state index contributed by atoms with van der Waals surface area (Å²) in [6.45, 7) is 6.20. The van der Waals surface area contributed by atoms with E-state index in [0.29, 0.717) is 0 Å². The molecule has 0 saturated heterocycles. The molecule has 0 unspecified atom stereocenters. The third kappa shape index (κ3) is 1.88. The third-order valence-electron chi connectivity index (χ3n) is 2.44. The van der Waals surface area contributed by atoms with Crippen molar-refractivity contribution in [2.24, 2.45) is 0 Å². The summed E-state index contributed by atoms with van der Waals surface area (Å²) in [6.07, 6.45) is 0. The summed E-state index contributed by atoms with van der Waals surface area (Å²) >= 11 is 5.28. The van der Waals surface area contributed by atoms with Gasteiger partial charge in [-0.05, 0) is 38.5 Å². The fraction of sp³-hybridized carbons (Fsp3) is 0.250. The molecule has 1 heterocycles. The van der Waals surface area contributed by atoms with Crippen LogP contribution in [0.5, 0.6) is 0 Å². The fourth-order valence-corrected chi connectivity index (χ4v) is 2.07. The molecule has 0 bridgehead atoms. The number of H-pyrrole nitrogens is 1. The van der Waals surface area contributed by atoms with E-state index in [-0.39, 0.29) is 0 Å². The van der Waals surface area contributed by atoms with Gasteiger partial charge in [-0.1, -0.05) is 29.9 Å². The lowest BCUT2D eigenvalue weighted by Crippen LogP contribution is -1.99. The van der Waals surface area contributed by atoms with Crippen LogP contribution in [0.25, 0.3) is 5.69 Å². The van der Waals surface area contributed by atoms with E-state index < -0.39 is 0 Å². The maximum atomic E-state index is 5.28.